The lowest BCUT2D eigenvalue weighted by Gasteiger charge is -2.10. The number of nitrogens with one attached hydrogen (secondary N) is 1. The van der Waals surface area contributed by atoms with Crippen molar-refractivity contribution in [3.8, 4) is 6.01 Å². The van der Waals surface area contributed by atoms with Crippen molar-refractivity contribution in [1.29, 1.82) is 0 Å². The van der Waals surface area contributed by atoms with E-state index in [1.165, 1.54) is 0 Å². The Morgan fingerprint density at radius 1 is 1.33 bits per heavy atom. The average Bonchev–Trinajstić information content (AvgIpc) is 2.16. The minimum Gasteiger partial charge on any atom is -0.462 e. The van der Waals surface area contributed by atoms with E-state index in [9.17, 15) is 0 Å². The van der Waals surface area contributed by atoms with E-state index in [0.717, 1.165) is 6.54 Å². The molecule has 15 heavy (non-hydrogen) atoms. The quantitative estimate of drug-likeness (QED) is 0.797. The number of anilines is 1. The summed E-state index contributed by atoms with van der Waals surface area (Å²) in [6.45, 7) is 1.30. The molecule has 0 spiro atoms. The fourth-order valence-electron chi connectivity index (χ4n) is 0.828. The summed E-state index contributed by atoms with van der Waals surface area (Å²) < 4.78 is 5.31. The Hall–Kier alpha value is -1.14. The van der Waals surface area contributed by atoms with E-state index in [-0.39, 0.29) is 11.3 Å². The van der Waals surface area contributed by atoms with E-state index in [0.29, 0.717) is 12.6 Å². The lowest BCUT2D eigenvalue weighted by molar-refractivity contribution is 0.245. The first-order valence-corrected chi connectivity index (χ1v) is 4.86. The van der Waals surface area contributed by atoms with E-state index in [1.54, 1.807) is 7.05 Å². The number of likely N-dealkylation sites (N-methyl/N-ethyl adjacent to an activating group) is 1. The number of hydrogen-bond donors (Lipinski definition) is 1. The molecule has 6 nitrogen and oxygen atoms in total. The average molecular weight is 232 g/mol. The molecule has 1 aromatic heterocycles. The summed E-state index contributed by atoms with van der Waals surface area (Å²) in [6.07, 6.45) is 0. The number of hydrogen-bond acceptors (Lipinski definition) is 6. The van der Waals surface area contributed by atoms with Gasteiger partial charge in [-0.1, -0.05) is 0 Å². The summed E-state index contributed by atoms with van der Waals surface area (Å²) in [4.78, 5) is 13.7. The molecule has 0 aromatic carbocycles. The predicted molar refractivity (Wildman–Crippen MR) is 58.4 cm³/mol. The lowest BCUT2D eigenvalue weighted by atomic mass is 10.6. The van der Waals surface area contributed by atoms with Gasteiger partial charge in [-0.05, 0) is 25.7 Å². The van der Waals surface area contributed by atoms with Gasteiger partial charge in [0.05, 0.1) is 0 Å². The van der Waals surface area contributed by atoms with Gasteiger partial charge in [-0.2, -0.15) is 15.0 Å². The van der Waals surface area contributed by atoms with E-state index in [4.69, 9.17) is 16.3 Å². The van der Waals surface area contributed by atoms with Crippen LogP contribution in [-0.4, -0.2) is 54.1 Å². The molecule has 0 saturated carbocycles. The molecule has 0 fully saturated rings. The van der Waals surface area contributed by atoms with Gasteiger partial charge >= 0.3 is 6.01 Å². The Kier molecular flexibility index (Phi) is 4.51. The smallest absolute Gasteiger partial charge is 0.322 e. The first kappa shape index (κ1) is 11.9. The summed E-state index contributed by atoms with van der Waals surface area (Å²) in [5.74, 6) is 0.398. The maximum atomic E-state index is 5.68. The van der Waals surface area contributed by atoms with Crippen LogP contribution in [0, 0.1) is 0 Å². The molecule has 0 aliphatic heterocycles. The molecule has 0 aliphatic rings. The van der Waals surface area contributed by atoms with E-state index >= 15 is 0 Å². The Morgan fingerprint density at radius 3 is 2.67 bits per heavy atom. The predicted octanol–water partition coefficient (Wildman–Crippen LogP) is 0.507. The highest BCUT2D eigenvalue weighted by atomic mass is 35.5. The molecular weight excluding hydrogens is 218 g/mol. The van der Waals surface area contributed by atoms with Gasteiger partial charge in [0, 0.05) is 13.6 Å². The van der Waals surface area contributed by atoms with Gasteiger partial charge in [-0.3, -0.25) is 0 Å². The third kappa shape index (κ3) is 4.26. The Morgan fingerprint density at radius 2 is 2.07 bits per heavy atom. The van der Waals surface area contributed by atoms with Crippen LogP contribution >= 0.6 is 11.6 Å². The Labute approximate surface area is 93.6 Å². The standard InChI is InChI=1S/C8H14ClN5O/c1-10-7-11-6(9)12-8(13-7)15-5-4-14(2)3/h4-5H2,1-3H3,(H,10,11,12,13). The van der Waals surface area contributed by atoms with Gasteiger partial charge in [-0.15, -0.1) is 0 Å². The Balaban J connectivity index is 2.56. The van der Waals surface area contributed by atoms with Crippen LogP contribution in [-0.2, 0) is 0 Å². The second-order valence-electron chi connectivity index (χ2n) is 3.11. The van der Waals surface area contributed by atoms with Crippen LogP contribution in [0.1, 0.15) is 0 Å². The van der Waals surface area contributed by atoms with Gasteiger partial charge in [-0.25, -0.2) is 0 Å². The molecule has 1 N–H and O–H groups in total. The maximum Gasteiger partial charge on any atom is 0.322 e. The molecule has 1 rings (SSSR count). The third-order valence-electron chi connectivity index (χ3n) is 1.58. The highest BCUT2D eigenvalue weighted by Gasteiger charge is 2.04. The van der Waals surface area contributed by atoms with Crippen LogP contribution in [0.3, 0.4) is 0 Å². The van der Waals surface area contributed by atoms with Crippen molar-refractivity contribution in [3.63, 3.8) is 0 Å². The summed E-state index contributed by atoms with van der Waals surface area (Å²) in [6, 6.07) is 0.237. The first-order valence-electron chi connectivity index (χ1n) is 4.48. The van der Waals surface area contributed by atoms with E-state index in [1.807, 2.05) is 19.0 Å². The SMILES string of the molecule is CNc1nc(Cl)nc(OCCN(C)C)n1. The topological polar surface area (TPSA) is 63.2 Å². The molecular formula is C8H14ClN5O. The molecule has 1 heterocycles. The number of ether oxygens (including phenoxy) is 1. The summed E-state index contributed by atoms with van der Waals surface area (Å²) >= 11 is 5.68. The van der Waals surface area contributed by atoms with Crippen LogP contribution in [0.4, 0.5) is 5.95 Å². The van der Waals surface area contributed by atoms with Crippen LogP contribution in [0.2, 0.25) is 5.28 Å². The minimum atomic E-state index is 0.120. The maximum absolute atomic E-state index is 5.68. The molecule has 0 bridgehead atoms. The molecule has 0 saturated heterocycles. The zero-order valence-electron chi connectivity index (χ0n) is 8.99. The van der Waals surface area contributed by atoms with Crippen molar-refractivity contribution in [3.05, 3.63) is 5.28 Å². The zero-order chi connectivity index (χ0) is 11.3. The largest absolute Gasteiger partial charge is 0.462 e. The summed E-state index contributed by atoms with van der Waals surface area (Å²) in [5.41, 5.74) is 0. The normalized spacial score (nSPS) is 10.5. The van der Waals surface area contributed by atoms with Gasteiger partial charge in [0.25, 0.3) is 0 Å². The van der Waals surface area contributed by atoms with Crippen molar-refractivity contribution in [2.24, 2.45) is 0 Å². The molecule has 84 valence electrons. The fourth-order valence-corrected chi connectivity index (χ4v) is 0.980. The summed E-state index contributed by atoms with van der Waals surface area (Å²) in [5, 5.41) is 2.89. The van der Waals surface area contributed by atoms with E-state index in [2.05, 4.69) is 20.3 Å². The van der Waals surface area contributed by atoms with Crippen molar-refractivity contribution < 1.29 is 4.74 Å². The summed E-state index contributed by atoms with van der Waals surface area (Å²) in [7, 11) is 5.63. The first-order chi connectivity index (χ1) is 7.11. The van der Waals surface area contributed by atoms with Crippen LogP contribution < -0.4 is 10.1 Å². The van der Waals surface area contributed by atoms with Crippen LogP contribution in [0.5, 0.6) is 6.01 Å². The number of halogens is 1. The highest BCUT2D eigenvalue weighted by Crippen LogP contribution is 2.10. The highest BCUT2D eigenvalue weighted by molar-refractivity contribution is 6.28. The molecule has 0 unspecified atom stereocenters. The lowest BCUT2D eigenvalue weighted by Crippen LogP contribution is -2.20. The minimum absolute atomic E-state index is 0.120. The molecule has 0 amide bonds. The Bertz CT molecular complexity index is 320. The van der Waals surface area contributed by atoms with Crippen LogP contribution in [0.15, 0.2) is 0 Å². The van der Waals surface area contributed by atoms with Gasteiger partial charge < -0.3 is 15.0 Å². The van der Waals surface area contributed by atoms with Crippen molar-refractivity contribution >= 4 is 17.5 Å². The molecule has 0 aliphatic carbocycles. The van der Waals surface area contributed by atoms with Crippen LogP contribution in [0.25, 0.3) is 0 Å². The second-order valence-corrected chi connectivity index (χ2v) is 3.45. The molecule has 0 radical (unpaired) electrons. The number of rotatable bonds is 5. The molecule has 0 atom stereocenters. The zero-order valence-corrected chi connectivity index (χ0v) is 9.75. The number of aromatic nitrogens is 3. The molecule has 7 heteroatoms. The van der Waals surface area contributed by atoms with Crippen molar-refractivity contribution in [2.75, 3.05) is 39.6 Å². The van der Waals surface area contributed by atoms with Crippen molar-refractivity contribution in [1.82, 2.24) is 19.9 Å². The van der Waals surface area contributed by atoms with Gasteiger partial charge in [0.15, 0.2) is 0 Å². The third-order valence-corrected chi connectivity index (χ3v) is 1.75. The van der Waals surface area contributed by atoms with E-state index < -0.39 is 0 Å². The molecule has 1 aromatic rings. The number of nitrogens with zero attached hydrogens (tertiary/aromatic N) is 4. The second kappa shape index (κ2) is 5.67. The fraction of sp³-hybridized carbons (Fsp3) is 0.625. The van der Waals surface area contributed by atoms with Gasteiger partial charge in [0.1, 0.15) is 6.61 Å². The van der Waals surface area contributed by atoms with Crippen molar-refractivity contribution in [2.45, 2.75) is 0 Å². The van der Waals surface area contributed by atoms with Gasteiger partial charge in [0.2, 0.25) is 11.2 Å². The monoisotopic (exact) mass is 231 g/mol.